The molecule has 0 spiro atoms. The van der Waals surface area contributed by atoms with Crippen molar-refractivity contribution >= 4 is 39.9 Å². The lowest BCUT2D eigenvalue weighted by Crippen LogP contribution is -2.33. The third kappa shape index (κ3) is 3.60. The summed E-state index contributed by atoms with van der Waals surface area (Å²) < 4.78 is 6.09. The van der Waals surface area contributed by atoms with Crippen molar-refractivity contribution in [2.45, 2.75) is 6.42 Å². The molecule has 1 N–H and O–H groups in total. The van der Waals surface area contributed by atoms with Crippen LogP contribution in [0.25, 0.3) is 10.8 Å². The van der Waals surface area contributed by atoms with Crippen LogP contribution in [0.2, 0.25) is 0 Å². The van der Waals surface area contributed by atoms with Crippen molar-refractivity contribution in [3.63, 3.8) is 0 Å². The van der Waals surface area contributed by atoms with Gasteiger partial charge in [-0.15, -0.1) is 0 Å². The second-order valence-electron chi connectivity index (χ2n) is 10.1. The fraction of sp³-hybridized carbons (Fsp3) is 0.156. The molecule has 0 aromatic heterocycles. The van der Waals surface area contributed by atoms with Gasteiger partial charge in [0.15, 0.2) is 0 Å². The molecule has 1 heterocycles. The Kier molecular flexibility index (Phi) is 5.15. The Bertz CT molecular complexity index is 1610. The lowest BCUT2D eigenvalue weighted by molar-refractivity contribution is -0.123. The van der Waals surface area contributed by atoms with Crippen LogP contribution >= 0.6 is 0 Å². The number of imide groups is 1. The van der Waals surface area contributed by atoms with E-state index >= 15 is 0 Å². The summed E-state index contributed by atoms with van der Waals surface area (Å²) in [6.45, 7) is 0. The van der Waals surface area contributed by atoms with Crippen LogP contribution in [0.5, 0.6) is 11.5 Å². The molecule has 1 saturated heterocycles. The average molecular weight is 501 g/mol. The molecule has 1 aliphatic heterocycles. The summed E-state index contributed by atoms with van der Waals surface area (Å²) in [5.41, 5.74) is 1.42. The summed E-state index contributed by atoms with van der Waals surface area (Å²) >= 11 is 0. The van der Waals surface area contributed by atoms with Crippen LogP contribution in [0.4, 0.5) is 11.4 Å². The SMILES string of the molecule is O=C(Nc1ccc(Oc2cccc3ccccc23)cc1)c1cccc(N2C(=O)[C@H]3[C@H](C2=O)[C@H]2C=C[C@H]3C2)c1. The fourth-order valence-corrected chi connectivity index (χ4v) is 6.16. The number of hydrogen-bond acceptors (Lipinski definition) is 4. The van der Waals surface area contributed by atoms with Crippen LogP contribution in [-0.4, -0.2) is 17.7 Å². The predicted molar refractivity (Wildman–Crippen MR) is 145 cm³/mol. The van der Waals surface area contributed by atoms with E-state index in [4.69, 9.17) is 4.74 Å². The molecule has 4 aromatic carbocycles. The normalized spacial score (nSPS) is 23.2. The molecule has 1 saturated carbocycles. The van der Waals surface area contributed by atoms with Crippen molar-refractivity contribution in [2.24, 2.45) is 23.7 Å². The molecule has 2 fully saturated rings. The van der Waals surface area contributed by atoms with Crippen molar-refractivity contribution in [3.05, 3.63) is 109 Å². The molecule has 6 nitrogen and oxygen atoms in total. The Hall–Kier alpha value is -4.71. The number of allylic oxidation sites excluding steroid dienone is 2. The fourth-order valence-electron chi connectivity index (χ4n) is 6.16. The van der Waals surface area contributed by atoms with Crippen molar-refractivity contribution in [2.75, 3.05) is 10.2 Å². The Morgan fingerprint density at radius 2 is 1.47 bits per heavy atom. The van der Waals surface area contributed by atoms with Crippen molar-refractivity contribution in [1.29, 1.82) is 0 Å². The van der Waals surface area contributed by atoms with E-state index in [1.807, 2.05) is 42.5 Å². The number of benzene rings is 4. The number of ether oxygens (including phenoxy) is 1. The summed E-state index contributed by atoms with van der Waals surface area (Å²) in [5, 5.41) is 5.01. The van der Waals surface area contributed by atoms with Gasteiger partial charge in [0.05, 0.1) is 17.5 Å². The number of carbonyl (C=O) groups excluding carboxylic acids is 3. The highest BCUT2D eigenvalue weighted by Crippen LogP contribution is 2.53. The zero-order valence-corrected chi connectivity index (χ0v) is 20.4. The second-order valence-corrected chi connectivity index (χ2v) is 10.1. The number of rotatable bonds is 5. The van der Waals surface area contributed by atoms with Gasteiger partial charge in [-0.2, -0.15) is 0 Å². The predicted octanol–water partition coefficient (Wildman–Crippen LogP) is 6.20. The van der Waals surface area contributed by atoms with Crippen LogP contribution in [0, 0.1) is 23.7 Å². The number of carbonyl (C=O) groups is 3. The van der Waals surface area contributed by atoms with E-state index in [0.717, 1.165) is 22.9 Å². The molecular formula is C32H24N2O4. The summed E-state index contributed by atoms with van der Waals surface area (Å²) in [5.74, 6) is 0.519. The summed E-state index contributed by atoms with van der Waals surface area (Å²) in [7, 11) is 0. The molecule has 0 radical (unpaired) electrons. The number of hydrogen-bond donors (Lipinski definition) is 1. The maximum absolute atomic E-state index is 13.2. The van der Waals surface area contributed by atoms with Crippen molar-refractivity contribution < 1.29 is 19.1 Å². The second kappa shape index (κ2) is 8.70. The van der Waals surface area contributed by atoms with E-state index in [0.29, 0.717) is 22.7 Å². The highest BCUT2D eigenvalue weighted by atomic mass is 16.5. The maximum Gasteiger partial charge on any atom is 0.255 e. The van der Waals surface area contributed by atoms with Crippen molar-refractivity contribution in [3.8, 4) is 11.5 Å². The first-order valence-electron chi connectivity index (χ1n) is 12.8. The monoisotopic (exact) mass is 500 g/mol. The van der Waals surface area contributed by atoms with E-state index in [-0.39, 0.29) is 41.4 Å². The summed E-state index contributed by atoms with van der Waals surface area (Å²) in [6.07, 6.45) is 5.03. The van der Waals surface area contributed by atoms with E-state index in [2.05, 4.69) is 17.5 Å². The quantitative estimate of drug-likeness (QED) is 0.262. The molecule has 2 aliphatic carbocycles. The highest BCUT2D eigenvalue weighted by molar-refractivity contribution is 6.23. The van der Waals surface area contributed by atoms with Crippen LogP contribution < -0.4 is 15.0 Å². The van der Waals surface area contributed by atoms with Gasteiger partial charge >= 0.3 is 0 Å². The largest absolute Gasteiger partial charge is 0.457 e. The standard InChI is InChI=1S/C32H24N2O4/c35-30(33-23-13-15-25(16-14-23)38-27-10-4-6-19-5-1-2-9-26(19)27)22-7-3-8-24(18-22)34-31(36)28-20-11-12-21(17-20)29(28)32(34)37/h1-16,18,20-21,28-29H,17H2,(H,33,35)/t20-,21-,28+,29+/m0/s1. The van der Waals surface area contributed by atoms with Gasteiger partial charge in [0.2, 0.25) is 11.8 Å². The zero-order valence-electron chi connectivity index (χ0n) is 20.4. The molecule has 2 bridgehead atoms. The number of fused-ring (bicyclic) bond motifs is 6. The molecule has 186 valence electrons. The van der Waals surface area contributed by atoms with Gasteiger partial charge in [-0.25, -0.2) is 4.90 Å². The molecule has 38 heavy (non-hydrogen) atoms. The molecule has 3 amide bonds. The van der Waals surface area contributed by atoms with Gasteiger partial charge in [-0.1, -0.05) is 54.6 Å². The molecule has 4 aromatic rings. The van der Waals surface area contributed by atoms with Gasteiger partial charge in [0, 0.05) is 16.6 Å². The van der Waals surface area contributed by atoms with Gasteiger partial charge in [0.1, 0.15) is 11.5 Å². The Morgan fingerprint density at radius 3 is 2.24 bits per heavy atom. The smallest absolute Gasteiger partial charge is 0.255 e. The highest BCUT2D eigenvalue weighted by Gasteiger charge is 2.59. The average Bonchev–Trinajstić information content (AvgIpc) is 3.63. The Labute approximate surface area is 219 Å². The van der Waals surface area contributed by atoms with Crippen LogP contribution in [0.1, 0.15) is 16.8 Å². The van der Waals surface area contributed by atoms with E-state index in [1.54, 1.807) is 48.5 Å². The van der Waals surface area contributed by atoms with Gasteiger partial charge in [-0.05, 0) is 72.2 Å². The third-order valence-electron chi connectivity index (χ3n) is 7.93. The van der Waals surface area contributed by atoms with Crippen LogP contribution in [0.15, 0.2) is 103 Å². The van der Waals surface area contributed by atoms with Gasteiger partial charge in [0.25, 0.3) is 5.91 Å². The minimum absolute atomic E-state index is 0.144. The number of nitrogens with one attached hydrogen (secondary N) is 1. The van der Waals surface area contributed by atoms with E-state index in [9.17, 15) is 14.4 Å². The lowest BCUT2D eigenvalue weighted by Gasteiger charge is -2.18. The minimum atomic E-state index is -0.324. The number of nitrogens with zero attached hydrogens (tertiary/aromatic N) is 1. The van der Waals surface area contributed by atoms with Gasteiger partial charge in [-0.3, -0.25) is 14.4 Å². The first kappa shape index (κ1) is 22.5. The third-order valence-corrected chi connectivity index (χ3v) is 7.93. The molecule has 6 heteroatoms. The first-order valence-corrected chi connectivity index (χ1v) is 12.8. The number of anilines is 2. The summed E-state index contributed by atoms with van der Waals surface area (Å²) in [6, 6.07) is 27.8. The lowest BCUT2D eigenvalue weighted by atomic mass is 9.85. The van der Waals surface area contributed by atoms with E-state index < -0.39 is 0 Å². The zero-order chi connectivity index (χ0) is 25.8. The summed E-state index contributed by atoms with van der Waals surface area (Å²) in [4.78, 5) is 40.6. The number of amides is 3. The Morgan fingerprint density at radius 1 is 0.789 bits per heavy atom. The topological polar surface area (TPSA) is 75.7 Å². The molecule has 3 aliphatic rings. The van der Waals surface area contributed by atoms with Crippen LogP contribution in [-0.2, 0) is 9.59 Å². The Balaban J connectivity index is 1.06. The van der Waals surface area contributed by atoms with Gasteiger partial charge < -0.3 is 10.1 Å². The maximum atomic E-state index is 13.2. The molecule has 0 unspecified atom stereocenters. The molecular weight excluding hydrogens is 476 g/mol. The molecule has 7 rings (SSSR count). The van der Waals surface area contributed by atoms with Crippen molar-refractivity contribution in [1.82, 2.24) is 0 Å². The van der Waals surface area contributed by atoms with Crippen LogP contribution in [0.3, 0.4) is 0 Å². The molecule has 4 atom stereocenters. The first-order chi connectivity index (χ1) is 18.6. The minimum Gasteiger partial charge on any atom is -0.457 e. The van der Waals surface area contributed by atoms with E-state index in [1.165, 1.54) is 4.90 Å².